The van der Waals surface area contributed by atoms with E-state index in [4.69, 9.17) is 4.74 Å². The van der Waals surface area contributed by atoms with E-state index in [1.807, 2.05) is 6.08 Å². The van der Waals surface area contributed by atoms with Crippen LogP contribution in [0.1, 0.15) is 90.9 Å². The van der Waals surface area contributed by atoms with Crippen LogP contribution in [0.2, 0.25) is 0 Å². The minimum atomic E-state index is -0.255. The van der Waals surface area contributed by atoms with Crippen LogP contribution in [-0.2, 0) is 19.1 Å². The van der Waals surface area contributed by atoms with Gasteiger partial charge in [-0.2, -0.15) is 0 Å². The van der Waals surface area contributed by atoms with Crippen molar-refractivity contribution in [1.29, 1.82) is 0 Å². The average molecular weight is 365 g/mol. The van der Waals surface area contributed by atoms with Gasteiger partial charge in [-0.1, -0.05) is 45.1 Å². The molecule has 26 heavy (non-hydrogen) atoms. The molecule has 1 aliphatic carbocycles. The van der Waals surface area contributed by atoms with Gasteiger partial charge in [-0.3, -0.25) is 14.4 Å². The lowest BCUT2D eigenvalue weighted by molar-refractivity contribution is -0.141. The molecule has 0 heterocycles. The second kappa shape index (κ2) is 13.7. The lowest BCUT2D eigenvalue weighted by Gasteiger charge is -2.14. The van der Waals surface area contributed by atoms with Gasteiger partial charge in [-0.25, -0.2) is 0 Å². The van der Waals surface area contributed by atoms with E-state index in [1.165, 1.54) is 32.6 Å². The zero-order valence-electron chi connectivity index (χ0n) is 16.6. The minimum absolute atomic E-state index is 0.129. The normalized spacial score (nSPS) is 20.0. The predicted octanol–water partition coefficient (Wildman–Crippen LogP) is 5.19. The summed E-state index contributed by atoms with van der Waals surface area (Å²) < 4.78 is 4.87. The van der Waals surface area contributed by atoms with Crippen LogP contribution in [-0.4, -0.2) is 24.1 Å². The van der Waals surface area contributed by atoms with E-state index in [-0.39, 0.29) is 23.6 Å². The van der Waals surface area contributed by atoms with Crippen LogP contribution in [0.15, 0.2) is 12.2 Å². The third-order valence-electron chi connectivity index (χ3n) is 5.18. The number of hydrogen-bond donors (Lipinski definition) is 0. The molecule has 148 valence electrons. The molecule has 0 aromatic rings. The third kappa shape index (κ3) is 9.88. The third-order valence-corrected chi connectivity index (χ3v) is 5.18. The van der Waals surface area contributed by atoms with Crippen molar-refractivity contribution in [2.24, 2.45) is 11.8 Å². The predicted molar refractivity (Wildman–Crippen MR) is 104 cm³/mol. The standard InChI is InChI=1S/C22H36O4/c1-3-4-5-6-9-12-21-19(14-16-22(21)25)13-15-20(24)11-8-7-10-17-26-18(2)23/h13,15,19,21H,3-12,14,16-17H2,1-2H3. The van der Waals surface area contributed by atoms with Gasteiger partial charge in [0.05, 0.1) is 6.61 Å². The first-order chi connectivity index (χ1) is 12.5. The number of ether oxygens (including phenoxy) is 1. The Kier molecular flexibility index (Phi) is 11.9. The topological polar surface area (TPSA) is 60.4 Å². The van der Waals surface area contributed by atoms with E-state index in [2.05, 4.69) is 6.92 Å². The van der Waals surface area contributed by atoms with Gasteiger partial charge in [0, 0.05) is 25.7 Å². The number of carbonyl (C=O) groups is 3. The fourth-order valence-corrected chi connectivity index (χ4v) is 3.62. The fourth-order valence-electron chi connectivity index (χ4n) is 3.62. The van der Waals surface area contributed by atoms with Crippen LogP contribution in [0.3, 0.4) is 0 Å². The molecule has 2 unspecified atom stereocenters. The summed E-state index contributed by atoms with van der Waals surface area (Å²) in [4.78, 5) is 34.8. The van der Waals surface area contributed by atoms with Crippen molar-refractivity contribution >= 4 is 17.5 Å². The van der Waals surface area contributed by atoms with E-state index in [0.29, 0.717) is 25.2 Å². The van der Waals surface area contributed by atoms with Crippen LogP contribution in [0.25, 0.3) is 0 Å². The molecule has 0 saturated heterocycles. The molecule has 0 radical (unpaired) electrons. The summed E-state index contributed by atoms with van der Waals surface area (Å²) in [5.41, 5.74) is 0. The number of unbranched alkanes of at least 4 members (excludes halogenated alkanes) is 6. The van der Waals surface area contributed by atoms with Crippen molar-refractivity contribution < 1.29 is 19.1 Å². The first kappa shape index (κ1) is 22.6. The zero-order chi connectivity index (χ0) is 19.2. The average Bonchev–Trinajstić information content (AvgIpc) is 2.96. The number of esters is 1. The van der Waals surface area contributed by atoms with Gasteiger partial charge in [0.25, 0.3) is 0 Å². The van der Waals surface area contributed by atoms with Gasteiger partial charge >= 0.3 is 5.97 Å². The van der Waals surface area contributed by atoms with Crippen molar-refractivity contribution in [1.82, 2.24) is 0 Å². The summed E-state index contributed by atoms with van der Waals surface area (Å²) in [5.74, 6) is 0.646. The highest BCUT2D eigenvalue weighted by Crippen LogP contribution is 2.33. The molecule has 0 spiro atoms. The van der Waals surface area contributed by atoms with E-state index >= 15 is 0 Å². The highest BCUT2D eigenvalue weighted by Gasteiger charge is 2.32. The molecule has 0 N–H and O–H groups in total. The van der Waals surface area contributed by atoms with Crippen molar-refractivity contribution in [3.63, 3.8) is 0 Å². The molecule has 1 rings (SSSR count). The molecule has 1 fully saturated rings. The van der Waals surface area contributed by atoms with Gasteiger partial charge in [0.15, 0.2) is 5.78 Å². The van der Waals surface area contributed by atoms with Crippen LogP contribution in [0.4, 0.5) is 0 Å². The van der Waals surface area contributed by atoms with Crippen molar-refractivity contribution in [2.75, 3.05) is 6.61 Å². The number of allylic oxidation sites excluding steroid dienone is 2. The van der Waals surface area contributed by atoms with Gasteiger partial charge in [0.2, 0.25) is 0 Å². The lowest BCUT2D eigenvalue weighted by Crippen LogP contribution is -2.13. The molecular weight excluding hydrogens is 328 g/mol. The van der Waals surface area contributed by atoms with Gasteiger partial charge in [-0.05, 0) is 44.1 Å². The molecule has 4 heteroatoms. The van der Waals surface area contributed by atoms with Crippen molar-refractivity contribution in [3.8, 4) is 0 Å². The van der Waals surface area contributed by atoms with Gasteiger partial charge in [0.1, 0.15) is 5.78 Å². The SMILES string of the molecule is CCCCCCCC1C(=O)CCC1C=CC(=O)CCCCCOC(C)=O. The summed E-state index contributed by atoms with van der Waals surface area (Å²) in [6.45, 7) is 4.04. The summed E-state index contributed by atoms with van der Waals surface area (Å²) in [6, 6.07) is 0. The number of carbonyl (C=O) groups excluding carboxylic acids is 3. The monoisotopic (exact) mass is 364 g/mol. The summed E-state index contributed by atoms with van der Waals surface area (Å²) in [6.07, 6.45) is 15.3. The van der Waals surface area contributed by atoms with Crippen LogP contribution < -0.4 is 0 Å². The number of ketones is 2. The summed E-state index contributed by atoms with van der Waals surface area (Å²) in [7, 11) is 0. The van der Waals surface area contributed by atoms with E-state index in [1.54, 1.807) is 6.08 Å². The van der Waals surface area contributed by atoms with Crippen molar-refractivity contribution in [2.45, 2.75) is 90.9 Å². The molecule has 0 bridgehead atoms. The Morgan fingerprint density at radius 1 is 1.08 bits per heavy atom. The van der Waals surface area contributed by atoms with E-state index in [9.17, 15) is 14.4 Å². The Balaban J connectivity index is 2.23. The maximum Gasteiger partial charge on any atom is 0.302 e. The molecular formula is C22H36O4. The molecule has 0 aromatic carbocycles. The highest BCUT2D eigenvalue weighted by atomic mass is 16.5. The van der Waals surface area contributed by atoms with Crippen LogP contribution in [0, 0.1) is 11.8 Å². The molecule has 1 saturated carbocycles. The number of rotatable bonds is 14. The highest BCUT2D eigenvalue weighted by molar-refractivity contribution is 5.90. The van der Waals surface area contributed by atoms with Crippen LogP contribution >= 0.6 is 0 Å². The quantitative estimate of drug-likeness (QED) is 0.242. The molecule has 4 nitrogen and oxygen atoms in total. The zero-order valence-corrected chi connectivity index (χ0v) is 16.6. The lowest BCUT2D eigenvalue weighted by atomic mass is 9.89. The first-order valence-corrected chi connectivity index (χ1v) is 10.4. The largest absolute Gasteiger partial charge is 0.466 e. The molecule has 0 aromatic heterocycles. The maximum absolute atomic E-state index is 12.1. The minimum Gasteiger partial charge on any atom is -0.466 e. The Labute approximate surface area is 158 Å². The number of hydrogen-bond acceptors (Lipinski definition) is 4. The summed E-state index contributed by atoms with van der Waals surface area (Å²) >= 11 is 0. The van der Waals surface area contributed by atoms with Gasteiger partial charge < -0.3 is 4.74 Å². The molecule has 0 amide bonds. The Bertz CT molecular complexity index is 467. The summed E-state index contributed by atoms with van der Waals surface area (Å²) in [5, 5.41) is 0. The number of Topliss-reactive ketones (excluding diaryl/α,β-unsaturated/α-hetero) is 1. The van der Waals surface area contributed by atoms with E-state index < -0.39 is 0 Å². The smallest absolute Gasteiger partial charge is 0.302 e. The van der Waals surface area contributed by atoms with Crippen molar-refractivity contribution in [3.05, 3.63) is 12.2 Å². The Morgan fingerprint density at radius 3 is 2.54 bits per heavy atom. The fraction of sp³-hybridized carbons (Fsp3) is 0.773. The molecule has 0 aliphatic heterocycles. The maximum atomic E-state index is 12.1. The Hall–Kier alpha value is -1.45. The van der Waals surface area contributed by atoms with Gasteiger partial charge in [-0.15, -0.1) is 0 Å². The van der Waals surface area contributed by atoms with Crippen LogP contribution in [0.5, 0.6) is 0 Å². The van der Waals surface area contributed by atoms with E-state index in [0.717, 1.165) is 38.5 Å². The second-order valence-corrected chi connectivity index (χ2v) is 7.45. The first-order valence-electron chi connectivity index (χ1n) is 10.4. The molecule has 2 atom stereocenters. The second-order valence-electron chi connectivity index (χ2n) is 7.45. The molecule has 1 aliphatic rings. The Morgan fingerprint density at radius 2 is 1.81 bits per heavy atom.